The van der Waals surface area contributed by atoms with Gasteiger partial charge in [0.1, 0.15) is 0 Å². The number of nitrogens with two attached hydrogens (primary N) is 1. The van der Waals surface area contributed by atoms with Crippen molar-refractivity contribution in [3.05, 3.63) is 23.9 Å². The summed E-state index contributed by atoms with van der Waals surface area (Å²) in [6.07, 6.45) is -1.06. The summed E-state index contributed by atoms with van der Waals surface area (Å²) in [6, 6.07) is 3.31. The standard InChI is InChI=1S/C13H20F2N4O2/c1-9(7-20-2)19-13(16)18-6-10-3-4-17-12(5-10)21-8-11(14)15/h3-5,9,11H,6-8H2,1-2H3,(H3,16,18,19). The van der Waals surface area contributed by atoms with Crippen molar-refractivity contribution in [1.82, 2.24) is 10.3 Å². The fourth-order valence-electron chi connectivity index (χ4n) is 1.54. The van der Waals surface area contributed by atoms with E-state index in [1.54, 1.807) is 19.2 Å². The number of pyridine rings is 1. The molecule has 0 saturated heterocycles. The summed E-state index contributed by atoms with van der Waals surface area (Å²) in [6.45, 7) is 2.04. The van der Waals surface area contributed by atoms with E-state index in [0.29, 0.717) is 13.2 Å². The van der Waals surface area contributed by atoms with Crippen molar-refractivity contribution in [3.63, 3.8) is 0 Å². The summed E-state index contributed by atoms with van der Waals surface area (Å²) >= 11 is 0. The van der Waals surface area contributed by atoms with Crippen molar-refractivity contribution in [2.24, 2.45) is 10.7 Å². The summed E-state index contributed by atoms with van der Waals surface area (Å²) < 4.78 is 33.9. The molecule has 3 N–H and O–H groups in total. The van der Waals surface area contributed by atoms with Crippen LogP contribution in [-0.4, -0.2) is 43.7 Å². The number of halogens is 2. The molecule has 21 heavy (non-hydrogen) atoms. The largest absolute Gasteiger partial charge is 0.472 e. The highest BCUT2D eigenvalue weighted by Crippen LogP contribution is 2.11. The first-order chi connectivity index (χ1) is 10.0. The Bertz CT molecular complexity index is 458. The zero-order valence-corrected chi connectivity index (χ0v) is 12.1. The minimum Gasteiger partial charge on any atom is -0.472 e. The van der Waals surface area contributed by atoms with Crippen molar-refractivity contribution in [2.75, 3.05) is 20.3 Å². The van der Waals surface area contributed by atoms with Gasteiger partial charge in [-0.2, -0.15) is 0 Å². The molecule has 1 unspecified atom stereocenters. The number of alkyl halides is 2. The summed E-state index contributed by atoms with van der Waals surface area (Å²) in [5.74, 6) is 0.425. The monoisotopic (exact) mass is 302 g/mol. The number of rotatable bonds is 8. The van der Waals surface area contributed by atoms with Crippen LogP contribution >= 0.6 is 0 Å². The van der Waals surface area contributed by atoms with Crippen molar-refractivity contribution in [1.29, 1.82) is 0 Å². The lowest BCUT2D eigenvalue weighted by Gasteiger charge is -2.13. The Morgan fingerprint density at radius 2 is 2.24 bits per heavy atom. The molecule has 1 rings (SSSR count). The van der Waals surface area contributed by atoms with Gasteiger partial charge in [0.05, 0.1) is 13.2 Å². The second-order valence-corrected chi connectivity index (χ2v) is 4.41. The van der Waals surface area contributed by atoms with E-state index in [1.165, 1.54) is 6.20 Å². The topological polar surface area (TPSA) is 81.8 Å². The van der Waals surface area contributed by atoms with Gasteiger partial charge < -0.3 is 20.5 Å². The van der Waals surface area contributed by atoms with Crippen LogP contribution in [0.2, 0.25) is 0 Å². The van der Waals surface area contributed by atoms with Gasteiger partial charge in [0.2, 0.25) is 5.88 Å². The first kappa shape index (κ1) is 17.1. The molecule has 1 aromatic rings. The minimum absolute atomic E-state index is 0.0427. The molecule has 0 spiro atoms. The SMILES string of the molecule is COCC(C)NC(N)=NCc1ccnc(OCC(F)F)c1. The van der Waals surface area contributed by atoms with Crippen molar-refractivity contribution in [2.45, 2.75) is 25.9 Å². The molecule has 0 aliphatic heterocycles. The second-order valence-electron chi connectivity index (χ2n) is 4.41. The molecule has 118 valence electrons. The molecule has 0 radical (unpaired) electrons. The summed E-state index contributed by atoms with van der Waals surface area (Å²) in [5, 5.41) is 2.96. The van der Waals surface area contributed by atoms with Crippen LogP contribution in [0, 0.1) is 0 Å². The average molecular weight is 302 g/mol. The molecule has 0 fully saturated rings. The Balaban J connectivity index is 2.52. The molecule has 8 heteroatoms. The summed E-state index contributed by atoms with van der Waals surface area (Å²) in [5.41, 5.74) is 6.49. The van der Waals surface area contributed by atoms with Gasteiger partial charge >= 0.3 is 0 Å². The normalized spacial score (nSPS) is 13.3. The highest BCUT2D eigenvalue weighted by atomic mass is 19.3. The lowest BCUT2D eigenvalue weighted by atomic mass is 10.3. The number of ether oxygens (including phenoxy) is 2. The van der Waals surface area contributed by atoms with Gasteiger partial charge in [-0.05, 0) is 18.6 Å². The molecule has 0 aromatic carbocycles. The van der Waals surface area contributed by atoms with Gasteiger partial charge in [-0.15, -0.1) is 0 Å². The van der Waals surface area contributed by atoms with E-state index in [9.17, 15) is 8.78 Å². The molecular weight excluding hydrogens is 282 g/mol. The van der Waals surface area contributed by atoms with Crippen molar-refractivity contribution >= 4 is 5.96 Å². The molecule has 1 aromatic heterocycles. The highest BCUT2D eigenvalue weighted by Gasteiger charge is 2.05. The molecule has 0 aliphatic rings. The lowest BCUT2D eigenvalue weighted by molar-refractivity contribution is 0.0795. The van der Waals surface area contributed by atoms with Gasteiger partial charge in [-0.25, -0.2) is 18.8 Å². The summed E-state index contributed by atoms with van der Waals surface area (Å²) in [4.78, 5) is 7.99. The molecule has 0 bridgehead atoms. The van der Waals surface area contributed by atoms with Gasteiger partial charge in [0.25, 0.3) is 6.43 Å². The number of hydrogen-bond donors (Lipinski definition) is 2. The maximum absolute atomic E-state index is 12.0. The highest BCUT2D eigenvalue weighted by molar-refractivity contribution is 5.78. The predicted molar refractivity (Wildman–Crippen MR) is 75.5 cm³/mol. The van der Waals surface area contributed by atoms with Crippen molar-refractivity contribution in [3.8, 4) is 5.88 Å². The molecular formula is C13H20F2N4O2. The van der Waals surface area contributed by atoms with Crippen LogP contribution < -0.4 is 15.8 Å². The number of nitrogens with one attached hydrogen (secondary N) is 1. The first-order valence-electron chi connectivity index (χ1n) is 6.42. The van der Waals surface area contributed by atoms with Gasteiger partial charge in [-0.1, -0.05) is 0 Å². The van der Waals surface area contributed by atoms with Crippen LogP contribution in [0.1, 0.15) is 12.5 Å². The first-order valence-corrected chi connectivity index (χ1v) is 6.42. The number of nitrogens with zero attached hydrogens (tertiary/aromatic N) is 2. The van der Waals surface area contributed by atoms with Crippen molar-refractivity contribution < 1.29 is 18.3 Å². The van der Waals surface area contributed by atoms with Crippen LogP contribution in [0.4, 0.5) is 8.78 Å². The fraction of sp³-hybridized carbons (Fsp3) is 0.538. The molecule has 0 saturated carbocycles. The van der Waals surface area contributed by atoms with E-state index >= 15 is 0 Å². The molecule has 6 nitrogen and oxygen atoms in total. The average Bonchev–Trinajstić information content (AvgIpc) is 2.43. The molecule has 0 aliphatic carbocycles. The van der Waals surface area contributed by atoms with Gasteiger partial charge in [-0.3, -0.25) is 0 Å². The zero-order chi connectivity index (χ0) is 15.7. The molecule has 1 atom stereocenters. The van der Waals surface area contributed by atoms with Crippen LogP contribution in [0.25, 0.3) is 0 Å². The van der Waals surface area contributed by atoms with Gasteiger partial charge in [0.15, 0.2) is 12.6 Å². The Morgan fingerprint density at radius 3 is 2.90 bits per heavy atom. The lowest BCUT2D eigenvalue weighted by Crippen LogP contribution is -2.40. The predicted octanol–water partition coefficient (Wildman–Crippen LogP) is 1.16. The fourth-order valence-corrected chi connectivity index (χ4v) is 1.54. The third kappa shape index (κ3) is 7.40. The van der Waals surface area contributed by atoms with E-state index in [-0.39, 0.29) is 17.9 Å². The Labute approximate surface area is 122 Å². The van der Waals surface area contributed by atoms with Crippen LogP contribution in [-0.2, 0) is 11.3 Å². The minimum atomic E-state index is -2.53. The third-order valence-electron chi connectivity index (χ3n) is 2.40. The Kier molecular flexibility index (Phi) is 7.38. The van der Waals surface area contributed by atoms with Crippen LogP contribution in [0.15, 0.2) is 23.3 Å². The van der Waals surface area contributed by atoms with E-state index < -0.39 is 13.0 Å². The number of guanidine groups is 1. The number of methoxy groups -OCH3 is 1. The second kappa shape index (κ2) is 9.06. The van der Waals surface area contributed by atoms with E-state index in [4.69, 9.17) is 15.2 Å². The van der Waals surface area contributed by atoms with Gasteiger partial charge in [0, 0.05) is 25.4 Å². The number of hydrogen-bond acceptors (Lipinski definition) is 4. The maximum Gasteiger partial charge on any atom is 0.272 e. The smallest absolute Gasteiger partial charge is 0.272 e. The van der Waals surface area contributed by atoms with E-state index in [2.05, 4.69) is 15.3 Å². The quantitative estimate of drug-likeness (QED) is 0.556. The molecule has 1 heterocycles. The Morgan fingerprint density at radius 1 is 1.48 bits per heavy atom. The summed E-state index contributed by atoms with van der Waals surface area (Å²) in [7, 11) is 1.60. The van der Waals surface area contributed by atoms with Crippen LogP contribution in [0.3, 0.4) is 0 Å². The van der Waals surface area contributed by atoms with E-state index in [0.717, 1.165) is 5.56 Å². The number of aromatic nitrogens is 1. The molecule has 0 amide bonds. The van der Waals surface area contributed by atoms with E-state index in [1.807, 2.05) is 6.92 Å². The van der Waals surface area contributed by atoms with Crippen LogP contribution in [0.5, 0.6) is 5.88 Å². The third-order valence-corrected chi connectivity index (χ3v) is 2.40. The maximum atomic E-state index is 12.0. The zero-order valence-electron chi connectivity index (χ0n) is 12.1. The number of aliphatic imine (C=N–C) groups is 1. The Hall–Kier alpha value is -1.96.